The van der Waals surface area contributed by atoms with Gasteiger partial charge in [-0.3, -0.25) is 0 Å². The third-order valence-corrected chi connectivity index (χ3v) is 2.11. The summed E-state index contributed by atoms with van der Waals surface area (Å²) in [6.45, 7) is 0. The molecule has 0 aliphatic heterocycles. The molecule has 0 aliphatic carbocycles. The Morgan fingerprint density at radius 1 is 1.82 bits per heavy atom. The maximum atomic E-state index is 5.79. The molecule has 1 rings (SSSR count). The molecule has 0 unspecified atom stereocenters. The number of aromatic nitrogens is 1. The Balaban J connectivity index is 2.36. The van der Waals surface area contributed by atoms with Crippen LogP contribution in [0.3, 0.4) is 0 Å². The fourth-order valence-corrected chi connectivity index (χ4v) is 1.29. The second-order valence-electron chi connectivity index (χ2n) is 2.30. The first-order chi connectivity index (χ1) is 5.34. The van der Waals surface area contributed by atoms with Crippen molar-refractivity contribution in [2.45, 2.75) is 12.5 Å². The standard InChI is InChI=1S/C7H12N2OS/c1-11-3-2-6(8)7-4-10-5-9-7/h4-6H,2-3,8H2,1H3/t6-/m0/s1. The smallest absolute Gasteiger partial charge is 0.180 e. The molecular weight excluding hydrogens is 160 g/mol. The first kappa shape index (κ1) is 8.62. The molecule has 2 N–H and O–H groups in total. The van der Waals surface area contributed by atoms with Gasteiger partial charge in [-0.25, -0.2) is 4.98 Å². The van der Waals surface area contributed by atoms with E-state index in [4.69, 9.17) is 10.2 Å². The van der Waals surface area contributed by atoms with Crippen molar-refractivity contribution >= 4 is 11.8 Å². The van der Waals surface area contributed by atoms with E-state index < -0.39 is 0 Å². The van der Waals surface area contributed by atoms with Gasteiger partial charge in [-0.15, -0.1) is 0 Å². The number of hydrogen-bond donors (Lipinski definition) is 1. The topological polar surface area (TPSA) is 52.0 Å². The summed E-state index contributed by atoms with van der Waals surface area (Å²) in [6.07, 6.45) is 6.03. The molecule has 4 heteroatoms. The van der Waals surface area contributed by atoms with Gasteiger partial charge in [0.15, 0.2) is 6.39 Å². The van der Waals surface area contributed by atoms with Gasteiger partial charge in [-0.1, -0.05) is 0 Å². The predicted molar refractivity (Wildman–Crippen MR) is 46.4 cm³/mol. The Labute approximate surface area is 70.4 Å². The van der Waals surface area contributed by atoms with Crippen molar-refractivity contribution in [3.63, 3.8) is 0 Å². The van der Waals surface area contributed by atoms with Crippen LogP contribution in [0.25, 0.3) is 0 Å². The van der Waals surface area contributed by atoms with Gasteiger partial charge in [0.2, 0.25) is 0 Å². The number of nitrogens with two attached hydrogens (primary N) is 1. The lowest BCUT2D eigenvalue weighted by atomic mass is 10.2. The van der Waals surface area contributed by atoms with E-state index in [0.29, 0.717) is 0 Å². The van der Waals surface area contributed by atoms with Crippen LogP contribution in [-0.4, -0.2) is 17.0 Å². The molecule has 3 nitrogen and oxygen atoms in total. The lowest BCUT2D eigenvalue weighted by Gasteiger charge is -2.05. The second-order valence-corrected chi connectivity index (χ2v) is 3.29. The van der Waals surface area contributed by atoms with Crippen LogP contribution in [0.2, 0.25) is 0 Å². The summed E-state index contributed by atoms with van der Waals surface area (Å²) in [5.74, 6) is 1.06. The minimum absolute atomic E-state index is 0.0289. The maximum absolute atomic E-state index is 5.79. The zero-order chi connectivity index (χ0) is 8.10. The van der Waals surface area contributed by atoms with Crippen LogP contribution in [0.15, 0.2) is 17.1 Å². The van der Waals surface area contributed by atoms with Crippen LogP contribution in [0, 0.1) is 0 Å². The fraction of sp³-hybridized carbons (Fsp3) is 0.571. The van der Waals surface area contributed by atoms with Gasteiger partial charge in [0.1, 0.15) is 6.26 Å². The Morgan fingerprint density at radius 3 is 3.18 bits per heavy atom. The monoisotopic (exact) mass is 172 g/mol. The van der Waals surface area contributed by atoms with Crippen molar-refractivity contribution in [1.29, 1.82) is 0 Å². The van der Waals surface area contributed by atoms with Crippen LogP contribution in [-0.2, 0) is 0 Å². The van der Waals surface area contributed by atoms with E-state index >= 15 is 0 Å². The van der Waals surface area contributed by atoms with Crippen molar-refractivity contribution in [3.05, 3.63) is 18.4 Å². The van der Waals surface area contributed by atoms with E-state index in [9.17, 15) is 0 Å². The summed E-state index contributed by atoms with van der Waals surface area (Å²) in [6, 6.07) is 0.0289. The summed E-state index contributed by atoms with van der Waals surface area (Å²) in [4.78, 5) is 3.97. The first-order valence-electron chi connectivity index (χ1n) is 3.47. The second kappa shape index (κ2) is 4.41. The van der Waals surface area contributed by atoms with Crippen molar-refractivity contribution < 1.29 is 4.42 Å². The van der Waals surface area contributed by atoms with Gasteiger partial charge in [0.25, 0.3) is 0 Å². The fourth-order valence-electron chi connectivity index (χ4n) is 0.798. The van der Waals surface area contributed by atoms with Gasteiger partial charge in [0.05, 0.1) is 11.7 Å². The Morgan fingerprint density at radius 2 is 2.64 bits per heavy atom. The minimum Gasteiger partial charge on any atom is -0.451 e. The molecule has 0 amide bonds. The summed E-state index contributed by atoms with van der Waals surface area (Å²) in [7, 11) is 0. The first-order valence-corrected chi connectivity index (χ1v) is 4.86. The highest BCUT2D eigenvalue weighted by atomic mass is 32.2. The van der Waals surface area contributed by atoms with Gasteiger partial charge >= 0.3 is 0 Å². The van der Waals surface area contributed by atoms with Crippen LogP contribution in [0.4, 0.5) is 0 Å². The molecule has 1 atom stereocenters. The molecule has 0 spiro atoms. The summed E-state index contributed by atoms with van der Waals surface area (Å²) < 4.78 is 4.82. The molecular formula is C7H12N2OS. The Bertz CT molecular complexity index is 188. The van der Waals surface area contributed by atoms with Crippen LogP contribution >= 0.6 is 11.8 Å². The van der Waals surface area contributed by atoms with Crippen LogP contribution in [0.1, 0.15) is 18.2 Å². The average Bonchev–Trinajstić information content (AvgIpc) is 2.52. The SMILES string of the molecule is CSCC[C@H](N)c1cocn1. The average molecular weight is 172 g/mol. The van der Waals surface area contributed by atoms with Crippen molar-refractivity contribution in [1.82, 2.24) is 4.98 Å². The molecule has 0 saturated carbocycles. The molecule has 62 valence electrons. The van der Waals surface area contributed by atoms with Crippen molar-refractivity contribution in [3.8, 4) is 0 Å². The normalized spacial score (nSPS) is 13.3. The van der Waals surface area contributed by atoms with Gasteiger partial charge < -0.3 is 10.2 Å². The van der Waals surface area contributed by atoms with E-state index in [1.807, 2.05) is 0 Å². The quantitative estimate of drug-likeness (QED) is 0.746. The van der Waals surface area contributed by atoms with Crippen molar-refractivity contribution in [2.75, 3.05) is 12.0 Å². The molecule has 1 aromatic heterocycles. The van der Waals surface area contributed by atoms with E-state index in [1.165, 1.54) is 6.39 Å². The highest BCUT2D eigenvalue weighted by molar-refractivity contribution is 7.98. The summed E-state index contributed by atoms with van der Waals surface area (Å²) >= 11 is 1.79. The highest BCUT2D eigenvalue weighted by Gasteiger charge is 2.07. The van der Waals surface area contributed by atoms with Crippen molar-refractivity contribution in [2.24, 2.45) is 5.73 Å². The molecule has 11 heavy (non-hydrogen) atoms. The van der Waals surface area contributed by atoms with Gasteiger partial charge in [-0.2, -0.15) is 11.8 Å². The third kappa shape index (κ3) is 2.55. The lowest BCUT2D eigenvalue weighted by molar-refractivity contribution is 0.553. The van der Waals surface area contributed by atoms with Crippen LogP contribution < -0.4 is 5.73 Å². The summed E-state index contributed by atoms with van der Waals surface area (Å²) in [5.41, 5.74) is 6.64. The summed E-state index contributed by atoms with van der Waals surface area (Å²) in [5, 5.41) is 0. The van der Waals surface area contributed by atoms with Gasteiger partial charge in [0, 0.05) is 0 Å². The minimum atomic E-state index is 0.0289. The van der Waals surface area contributed by atoms with Gasteiger partial charge in [-0.05, 0) is 18.4 Å². The van der Waals surface area contributed by atoms with E-state index in [1.54, 1.807) is 18.0 Å². The third-order valence-electron chi connectivity index (χ3n) is 1.46. The van der Waals surface area contributed by atoms with E-state index in [2.05, 4.69) is 11.2 Å². The molecule has 1 heterocycles. The van der Waals surface area contributed by atoms with E-state index in [0.717, 1.165) is 17.9 Å². The molecule has 0 radical (unpaired) electrons. The Hall–Kier alpha value is -0.480. The number of rotatable bonds is 4. The largest absolute Gasteiger partial charge is 0.451 e. The molecule has 0 aromatic carbocycles. The molecule has 0 aliphatic rings. The maximum Gasteiger partial charge on any atom is 0.180 e. The molecule has 1 aromatic rings. The zero-order valence-electron chi connectivity index (χ0n) is 6.49. The lowest BCUT2D eigenvalue weighted by Crippen LogP contribution is -2.11. The predicted octanol–water partition coefficient (Wildman–Crippen LogP) is 1.43. The number of nitrogens with zero attached hydrogens (tertiary/aromatic N) is 1. The molecule has 0 bridgehead atoms. The highest BCUT2D eigenvalue weighted by Crippen LogP contribution is 2.12. The molecule has 0 fully saturated rings. The Kier molecular flexibility index (Phi) is 3.45. The number of oxazole rings is 1. The molecule has 0 saturated heterocycles. The number of thioether (sulfide) groups is 1. The van der Waals surface area contributed by atoms with Crippen LogP contribution in [0.5, 0.6) is 0 Å². The zero-order valence-corrected chi connectivity index (χ0v) is 7.30. The van der Waals surface area contributed by atoms with E-state index in [-0.39, 0.29) is 6.04 Å². The number of hydrogen-bond acceptors (Lipinski definition) is 4.